The van der Waals surface area contributed by atoms with Crippen LogP contribution >= 0.6 is 47.1 Å². The van der Waals surface area contributed by atoms with Crippen LogP contribution in [0.2, 0.25) is 0 Å². The van der Waals surface area contributed by atoms with Crippen molar-refractivity contribution in [3.8, 4) is 22.5 Å². The van der Waals surface area contributed by atoms with Gasteiger partial charge in [0, 0.05) is 23.8 Å². The molecule has 0 aliphatic carbocycles. The number of rotatable bonds is 6. The van der Waals surface area contributed by atoms with Gasteiger partial charge in [-0.25, -0.2) is 0 Å². The zero-order valence-corrected chi connectivity index (χ0v) is 17.8. The third-order valence-electron chi connectivity index (χ3n) is 4.47. The highest BCUT2D eigenvalue weighted by molar-refractivity contribution is 7.73. The van der Waals surface area contributed by atoms with Gasteiger partial charge in [-0.1, -0.05) is 60.7 Å². The topological polar surface area (TPSA) is 9.86 Å². The highest BCUT2D eigenvalue weighted by Crippen LogP contribution is 2.26. The van der Waals surface area contributed by atoms with Crippen LogP contribution in [-0.4, -0.2) is 9.13 Å². The molecule has 4 rings (SSSR count). The Morgan fingerprint density at radius 3 is 1.44 bits per heavy atom. The van der Waals surface area contributed by atoms with Crippen molar-refractivity contribution in [2.24, 2.45) is 0 Å². The van der Waals surface area contributed by atoms with Gasteiger partial charge < -0.3 is 9.13 Å². The van der Waals surface area contributed by atoms with E-state index in [-0.39, 0.29) is 0 Å². The third kappa shape index (κ3) is 4.04. The van der Waals surface area contributed by atoms with Crippen molar-refractivity contribution >= 4 is 47.1 Å². The van der Waals surface area contributed by atoms with E-state index in [9.17, 15) is 0 Å². The summed E-state index contributed by atoms with van der Waals surface area (Å²) in [6, 6.07) is 20.9. The Hall–Kier alpha value is -1.86. The van der Waals surface area contributed by atoms with Gasteiger partial charge in [-0.05, 0) is 42.0 Å². The monoisotopic (exact) mass is 426 g/mol. The van der Waals surface area contributed by atoms with Crippen LogP contribution in [0.1, 0.15) is 6.42 Å². The normalized spacial score (nSPS) is 11.0. The van der Waals surface area contributed by atoms with E-state index in [0.29, 0.717) is 0 Å². The van der Waals surface area contributed by atoms with Gasteiger partial charge in [0.1, 0.15) is 0 Å². The lowest BCUT2D eigenvalue weighted by atomic mass is 10.1. The fourth-order valence-corrected chi connectivity index (χ4v) is 5.39. The van der Waals surface area contributed by atoms with E-state index in [2.05, 4.69) is 68.4 Å². The molecule has 0 bridgehead atoms. The summed E-state index contributed by atoms with van der Waals surface area (Å²) < 4.78 is 6.33. The Morgan fingerprint density at radius 1 is 0.630 bits per heavy atom. The standard InChI is InChI=1S/C21H18N2S4/c24-20-22(18(14-26-20)16-8-3-1-4-9-16)12-7-13-23-19(15-27-21(23)25)17-10-5-2-6-11-17/h1-6,8-11,14-15H,7,12-13H2. The van der Waals surface area contributed by atoms with Gasteiger partial charge >= 0.3 is 0 Å². The Balaban J connectivity index is 1.54. The summed E-state index contributed by atoms with van der Waals surface area (Å²) in [5, 5.41) is 4.31. The molecule has 0 aliphatic heterocycles. The lowest BCUT2D eigenvalue weighted by Crippen LogP contribution is -2.06. The quantitative estimate of drug-likeness (QED) is 0.299. The lowest BCUT2D eigenvalue weighted by Gasteiger charge is -2.11. The van der Waals surface area contributed by atoms with Crippen LogP contribution in [0.3, 0.4) is 0 Å². The van der Waals surface area contributed by atoms with E-state index in [1.165, 1.54) is 22.5 Å². The molecule has 2 heterocycles. The summed E-state index contributed by atoms with van der Waals surface area (Å²) in [7, 11) is 0. The molecule has 0 fully saturated rings. The summed E-state index contributed by atoms with van der Waals surface area (Å²) in [6.07, 6.45) is 0.982. The summed E-state index contributed by atoms with van der Waals surface area (Å²) in [5.74, 6) is 0. The van der Waals surface area contributed by atoms with Gasteiger partial charge in [0.25, 0.3) is 0 Å². The molecule has 2 aromatic heterocycles. The fourth-order valence-electron chi connectivity index (χ4n) is 3.14. The molecule has 0 amide bonds. The highest BCUT2D eigenvalue weighted by Gasteiger charge is 2.09. The SMILES string of the molecule is S=c1scc(-c2ccccc2)n1CCCn1c(-c2ccccc2)csc1=S. The Kier molecular flexibility index (Phi) is 5.78. The van der Waals surface area contributed by atoms with E-state index in [4.69, 9.17) is 24.4 Å². The molecule has 136 valence electrons. The third-order valence-corrected chi connectivity index (χ3v) is 7.01. The molecule has 0 saturated heterocycles. The second-order valence-electron chi connectivity index (χ2n) is 6.16. The van der Waals surface area contributed by atoms with Crippen LogP contribution in [-0.2, 0) is 13.1 Å². The van der Waals surface area contributed by atoms with Crippen LogP contribution < -0.4 is 0 Å². The number of hydrogen-bond acceptors (Lipinski definition) is 4. The van der Waals surface area contributed by atoms with Crippen molar-refractivity contribution in [3.63, 3.8) is 0 Å². The van der Waals surface area contributed by atoms with E-state index in [1.807, 2.05) is 12.1 Å². The molecule has 0 radical (unpaired) electrons. The van der Waals surface area contributed by atoms with Crippen molar-refractivity contribution in [1.29, 1.82) is 0 Å². The maximum absolute atomic E-state index is 5.57. The molecule has 4 aromatic rings. The average Bonchev–Trinajstić information content (AvgIpc) is 3.26. The average molecular weight is 427 g/mol. The Labute approximate surface area is 177 Å². The lowest BCUT2D eigenvalue weighted by molar-refractivity contribution is 0.569. The number of hydrogen-bond donors (Lipinski definition) is 0. The number of nitrogens with zero attached hydrogens (tertiary/aromatic N) is 2. The molecule has 0 spiro atoms. The van der Waals surface area contributed by atoms with E-state index in [0.717, 1.165) is 27.4 Å². The first-order valence-electron chi connectivity index (χ1n) is 8.71. The largest absolute Gasteiger partial charge is 0.323 e. The molecule has 2 nitrogen and oxygen atoms in total. The Bertz CT molecular complexity index is 1040. The minimum atomic E-state index is 0.887. The predicted octanol–water partition coefficient (Wildman–Crippen LogP) is 7.30. The van der Waals surface area contributed by atoms with Crippen molar-refractivity contribution in [2.45, 2.75) is 19.5 Å². The van der Waals surface area contributed by atoms with Crippen LogP contribution in [0, 0.1) is 7.91 Å². The molecular weight excluding hydrogens is 409 g/mol. The fraction of sp³-hybridized carbons (Fsp3) is 0.143. The summed E-state index contributed by atoms with van der Waals surface area (Å²) in [6.45, 7) is 1.77. The van der Waals surface area contributed by atoms with Gasteiger partial charge in [-0.3, -0.25) is 0 Å². The molecule has 6 heteroatoms. The molecular formula is C21H18N2S4. The molecule has 0 aliphatic rings. The number of aromatic nitrogens is 2. The highest BCUT2D eigenvalue weighted by atomic mass is 32.2. The summed E-state index contributed by atoms with van der Waals surface area (Å²) >= 11 is 14.4. The van der Waals surface area contributed by atoms with Gasteiger partial charge in [0.05, 0.1) is 11.4 Å². The molecule has 0 atom stereocenters. The molecule has 0 N–H and O–H groups in total. The first-order chi connectivity index (χ1) is 13.2. The van der Waals surface area contributed by atoms with E-state index in [1.54, 1.807) is 22.7 Å². The van der Waals surface area contributed by atoms with Crippen LogP contribution in [0.5, 0.6) is 0 Å². The van der Waals surface area contributed by atoms with Crippen LogP contribution in [0.25, 0.3) is 22.5 Å². The minimum Gasteiger partial charge on any atom is -0.323 e. The smallest absolute Gasteiger partial charge is 0.161 e. The second kappa shape index (κ2) is 8.44. The molecule has 2 aromatic carbocycles. The second-order valence-corrected chi connectivity index (χ2v) is 9.17. The van der Waals surface area contributed by atoms with Gasteiger partial charge in [0.15, 0.2) is 7.91 Å². The number of benzene rings is 2. The van der Waals surface area contributed by atoms with Crippen molar-refractivity contribution in [1.82, 2.24) is 9.13 Å². The van der Waals surface area contributed by atoms with Gasteiger partial charge in [-0.2, -0.15) is 0 Å². The minimum absolute atomic E-state index is 0.887. The predicted molar refractivity (Wildman–Crippen MR) is 122 cm³/mol. The van der Waals surface area contributed by atoms with Crippen molar-refractivity contribution < 1.29 is 0 Å². The van der Waals surface area contributed by atoms with Crippen molar-refractivity contribution in [3.05, 3.63) is 79.3 Å². The zero-order chi connectivity index (χ0) is 18.6. The number of thiazole rings is 2. The molecule has 27 heavy (non-hydrogen) atoms. The maximum Gasteiger partial charge on any atom is 0.161 e. The first kappa shape index (κ1) is 18.5. The van der Waals surface area contributed by atoms with Crippen molar-refractivity contribution in [2.75, 3.05) is 0 Å². The van der Waals surface area contributed by atoms with E-state index >= 15 is 0 Å². The van der Waals surface area contributed by atoms with Crippen LogP contribution in [0.4, 0.5) is 0 Å². The maximum atomic E-state index is 5.57. The zero-order valence-electron chi connectivity index (χ0n) is 14.6. The van der Waals surface area contributed by atoms with Gasteiger partial charge in [-0.15, -0.1) is 22.7 Å². The summed E-state index contributed by atoms with van der Waals surface area (Å²) in [5.41, 5.74) is 4.81. The Morgan fingerprint density at radius 2 is 1.04 bits per heavy atom. The summed E-state index contributed by atoms with van der Waals surface area (Å²) in [4.78, 5) is 0. The molecule has 0 unspecified atom stereocenters. The van der Waals surface area contributed by atoms with E-state index < -0.39 is 0 Å². The van der Waals surface area contributed by atoms with Crippen LogP contribution in [0.15, 0.2) is 71.4 Å². The first-order valence-corrected chi connectivity index (χ1v) is 11.3. The van der Waals surface area contributed by atoms with Gasteiger partial charge in [0.2, 0.25) is 0 Å². The molecule has 0 saturated carbocycles.